The molecule has 136 valence electrons. The van der Waals surface area contributed by atoms with Crippen LogP contribution in [0.4, 0.5) is 0 Å². The van der Waals surface area contributed by atoms with E-state index in [1.165, 1.54) is 15.9 Å². The normalized spacial score (nSPS) is 29.1. The van der Waals surface area contributed by atoms with Crippen molar-refractivity contribution in [2.24, 2.45) is 10.2 Å². The lowest BCUT2D eigenvalue weighted by molar-refractivity contribution is -0.128. The molecule has 2 rings (SSSR count). The molecule has 0 spiro atoms. The Morgan fingerprint density at radius 1 is 1.24 bits per heavy atom. The molecule has 2 aliphatic heterocycles. The third-order valence-electron chi connectivity index (χ3n) is 3.57. The number of hydrogen-bond donors (Lipinski definition) is 0. The number of carbonyl (C=O) groups is 2. The van der Waals surface area contributed by atoms with Gasteiger partial charge < -0.3 is 0 Å². The molecule has 0 aromatic carbocycles. The smallest absolute Gasteiger partial charge is 0.247 e. The first kappa shape index (κ1) is 19.4. The average molecular weight is 384 g/mol. The van der Waals surface area contributed by atoms with Gasteiger partial charge in [-0.05, 0) is 20.8 Å². The Morgan fingerprint density at radius 2 is 1.84 bits per heavy atom. The SMILES string of the molecule is C=CCN1C(=O)CS(=O)/C1=N/N=C1\N(CC(=C)C)C(=O)C(C)(C)S1=O. The van der Waals surface area contributed by atoms with Crippen LogP contribution in [0.15, 0.2) is 35.0 Å². The molecule has 0 radical (unpaired) electrons. The monoisotopic (exact) mass is 384 g/mol. The molecule has 2 aliphatic rings. The fourth-order valence-electron chi connectivity index (χ4n) is 2.30. The van der Waals surface area contributed by atoms with Crippen LogP contribution in [0.2, 0.25) is 0 Å². The molecule has 0 aromatic heterocycles. The van der Waals surface area contributed by atoms with E-state index in [0.29, 0.717) is 5.57 Å². The van der Waals surface area contributed by atoms with Gasteiger partial charge in [-0.3, -0.25) is 27.8 Å². The van der Waals surface area contributed by atoms with Gasteiger partial charge >= 0.3 is 0 Å². The predicted molar refractivity (Wildman–Crippen MR) is 98.5 cm³/mol. The summed E-state index contributed by atoms with van der Waals surface area (Å²) in [6, 6.07) is 0. The van der Waals surface area contributed by atoms with Crippen molar-refractivity contribution in [3.63, 3.8) is 0 Å². The van der Waals surface area contributed by atoms with Crippen molar-refractivity contribution in [2.75, 3.05) is 18.8 Å². The quantitative estimate of drug-likeness (QED) is 0.504. The van der Waals surface area contributed by atoms with Crippen LogP contribution < -0.4 is 0 Å². The van der Waals surface area contributed by atoms with E-state index >= 15 is 0 Å². The molecule has 25 heavy (non-hydrogen) atoms. The van der Waals surface area contributed by atoms with Gasteiger partial charge in [0.2, 0.25) is 22.1 Å². The third-order valence-corrected chi connectivity index (χ3v) is 6.53. The fourth-order valence-corrected chi connectivity index (χ4v) is 4.55. The highest BCUT2D eigenvalue weighted by molar-refractivity contribution is 8.03. The minimum atomic E-state index is -1.73. The van der Waals surface area contributed by atoms with Gasteiger partial charge in [0, 0.05) is 13.1 Å². The van der Waals surface area contributed by atoms with Crippen molar-refractivity contribution in [1.29, 1.82) is 0 Å². The lowest BCUT2D eigenvalue weighted by Gasteiger charge is -2.16. The number of carbonyl (C=O) groups excluding carboxylic acids is 2. The minimum absolute atomic E-state index is 0.0261. The number of amides is 2. The third kappa shape index (κ3) is 3.54. The summed E-state index contributed by atoms with van der Waals surface area (Å²) in [7, 11) is -3.36. The second-order valence-corrected chi connectivity index (χ2v) is 9.44. The second kappa shape index (κ2) is 7.12. The Bertz CT molecular complexity index is 769. The van der Waals surface area contributed by atoms with Crippen molar-refractivity contribution in [2.45, 2.75) is 25.5 Å². The van der Waals surface area contributed by atoms with Crippen LogP contribution in [0, 0.1) is 0 Å². The van der Waals surface area contributed by atoms with E-state index < -0.39 is 26.3 Å². The van der Waals surface area contributed by atoms with Crippen molar-refractivity contribution >= 4 is 43.7 Å². The Morgan fingerprint density at radius 3 is 2.40 bits per heavy atom. The molecule has 0 aromatic rings. The lowest BCUT2D eigenvalue weighted by Crippen LogP contribution is -2.37. The lowest BCUT2D eigenvalue weighted by atomic mass is 10.2. The summed E-state index contributed by atoms with van der Waals surface area (Å²) in [5, 5.41) is 7.77. The van der Waals surface area contributed by atoms with Crippen LogP contribution in [-0.4, -0.2) is 64.0 Å². The van der Waals surface area contributed by atoms with Crippen LogP contribution in [0.3, 0.4) is 0 Å². The van der Waals surface area contributed by atoms with Gasteiger partial charge in [-0.1, -0.05) is 18.2 Å². The van der Waals surface area contributed by atoms with Crippen LogP contribution in [0.25, 0.3) is 0 Å². The molecular formula is C15H20N4O4S2. The van der Waals surface area contributed by atoms with Crippen LogP contribution in [0.1, 0.15) is 20.8 Å². The fraction of sp³-hybridized carbons (Fsp3) is 0.467. The molecule has 2 fully saturated rings. The Labute approximate surface area is 151 Å². The summed E-state index contributed by atoms with van der Waals surface area (Å²) < 4.78 is 23.5. The standard InChI is InChI=1S/C15H20N4O4S2/c1-6-7-18-11(20)9-24(22)13(18)16-17-14-19(8-10(2)3)12(21)15(4,5)25(14)23/h6H,1-2,7-9H2,3-5H3/b16-13+,17-14+. The molecule has 10 heteroatoms. The molecular weight excluding hydrogens is 364 g/mol. The highest BCUT2D eigenvalue weighted by Crippen LogP contribution is 2.28. The summed E-state index contributed by atoms with van der Waals surface area (Å²) in [6.45, 7) is 12.5. The molecule has 0 saturated carbocycles. The number of rotatable bonds is 5. The molecule has 2 unspecified atom stereocenters. The number of amidine groups is 2. The zero-order valence-electron chi connectivity index (χ0n) is 14.4. The van der Waals surface area contributed by atoms with Gasteiger partial charge in [0.15, 0.2) is 0 Å². The first-order chi connectivity index (χ1) is 11.6. The molecule has 2 saturated heterocycles. The first-order valence-electron chi connectivity index (χ1n) is 7.44. The molecule has 2 atom stereocenters. The summed E-state index contributed by atoms with van der Waals surface area (Å²) in [4.78, 5) is 26.8. The summed E-state index contributed by atoms with van der Waals surface area (Å²) >= 11 is 0. The topological polar surface area (TPSA) is 99.5 Å². The maximum Gasteiger partial charge on any atom is 0.247 e. The van der Waals surface area contributed by atoms with E-state index in [0.717, 1.165) is 0 Å². The maximum absolute atomic E-state index is 12.6. The van der Waals surface area contributed by atoms with Crippen LogP contribution >= 0.6 is 0 Å². The van der Waals surface area contributed by atoms with Gasteiger partial charge in [-0.2, -0.15) is 0 Å². The molecule has 2 amide bonds. The van der Waals surface area contributed by atoms with Gasteiger partial charge in [0.1, 0.15) is 32.1 Å². The van der Waals surface area contributed by atoms with Gasteiger partial charge in [0.25, 0.3) is 0 Å². The molecule has 2 heterocycles. The average Bonchev–Trinajstić information content (AvgIpc) is 2.86. The van der Waals surface area contributed by atoms with Gasteiger partial charge in [0.05, 0.1) is 0 Å². The largest absolute Gasteiger partial charge is 0.283 e. The van der Waals surface area contributed by atoms with Crippen molar-refractivity contribution in [3.8, 4) is 0 Å². The van der Waals surface area contributed by atoms with Gasteiger partial charge in [-0.15, -0.1) is 16.8 Å². The van der Waals surface area contributed by atoms with E-state index in [1.54, 1.807) is 20.8 Å². The zero-order chi connectivity index (χ0) is 18.9. The van der Waals surface area contributed by atoms with E-state index in [4.69, 9.17) is 0 Å². The van der Waals surface area contributed by atoms with Crippen molar-refractivity contribution in [3.05, 3.63) is 24.8 Å². The molecule has 0 bridgehead atoms. The summed E-state index contributed by atoms with van der Waals surface area (Å²) in [6.07, 6.45) is 1.48. The highest BCUT2D eigenvalue weighted by atomic mass is 32.2. The van der Waals surface area contributed by atoms with E-state index in [-0.39, 0.29) is 41.0 Å². The number of nitrogens with zero attached hydrogens (tertiary/aromatic N) is 4. The molecule has 8 nitrogen and oxygen atoms in total. The molecule has 0 aliphatic carbocycles. The number of hydrogen-bond acceptors (Lipinski definition) is 6. The van der Waals surface area contributed by atoms with E-state index in [1.807, 2.05) is 0 Å². The Hall–Kier alpha value is -1.94. The minimum Gasteiger partial charge on any atom is -0.283 e. The van der Waals surface area contributed by atoms with E-state index in [9.17, 15) is 18.0 Å². The highest BCUT2D eigenvalue weighted by Gasteiger charge is 2.50. The van der Waals surface area contributed by atoms with Crippen molar-refractivity contribution < 1.29 is 18.0 Å². The van der Waals surface area contributed by atoms with E-state index in [2.05, 4.69) is 23.4 Å². The zero-order valence-corrected chi connectivity index (χ0v) is 16.0. The second-order valence-electron chi connectivity index (χ2n) is 6.18. The maximum atomic E-state index is 12.6. The Balaban J connectivity index is 2.46. The first-order valence-corrected chi connectivity index (χ1v) is 9.91. The predicted octanol–water partition coefficient (Wildman–Crippen LogP) is 0.336. The van der Waals surface area contributed by atoms with Crippen LogP contribution in [-0.2, 0) is 31.2 Å². The summed E-state index contributed by atoms with van der Waals surface area (Å²) in [5.41, 5.74) is 0.691. The van der Waals surface area contributed by atoms with Gasteiger partial charge in [-0.25, -0.2) is 0 Å². The summed E-state index contributed by atoms with van der Waals surface area (Å²) in [5.74, 6) is -0.875. The van der Waals surface area contributed by atoms with Crippen molar-refractivity contribution in [1.82, 2.24) is 9.80 Å². The molecule has 0 N–H and O–H groups in total. The van der Waals surface area contributed by atoms with Crippen LogP contribution in [0.5, 0.6) is 0 Å². The Kier molecular flexibility index (Phi) is 5.52.